The molecule has 0 saturated carbocycles. The fraction of sp³-hybridized carbons (Fsp3) is 0.346. The van der Waals surface area contributed by atoms with E-state index in [-0.39, 0.29) is 11.8 Å². The Labute approximate surface area is 199 Å². The number of ether oxygens (including phenoxy) is 3. The summed E-state index contributed by atoms with van der Waals surface area (Å²) in [6.07, 6.45) is 4.96. The summed E-state index contributed by atoms with van der Waals surface area (Å²) in [5.74, 6) is 3.03. The van der Waals surface area contributed by atoms with Gasteiger partial charge >= 0.3 is 0 Å². The Morgan fingerprint density at radius 3 is 2.59 bits per heavy atom. The van der Waals surface area contributed by atoms with Crippen molar-refractivity contribution in [2.24, 2.45) is 5.92 Å². The van der Waals surface area contributed by atoms with E-state index in [9.17, 15) is 4.79 Å². The van der Waals surface area contributed by atoms with Gasteiger partial charge in [-0.05, 0) is 44.0 Å². The molecule has 3 aromatic rings. The van der Waals surface area contributed by atoms with Crippen LogP contribution in [0.4, 0.5) is 5.82 Å². The number of aryl methyl sites for hydroxylation is 1. The Kier molecular flexibility index (Phi) is 7.47. The normalized spacial score (nSPS) is 15.5. The number of methoxy groups -OCH3 is 2. The number of amides is 1. The summed E-state index contributed by atoms with van der Waals surface area (Å²) in [7, 11) is 3.22. The second kappa shape index (κ2) is 10.9. The number of carbonyl (C=O) groups is 1. The summed E-state index contributed by atoms with van der Waals surface area (Å²) in [6.45, 7) is 3.75. The van der Waals surface area contributed by atoms with E-state index < -0.39 is 0 Å². The number of hydrogen-bond acceptors (Lipinski definition) is 7. The van der Waals surface area contributed by atoms with E-state index in [1.165, 1.54) is 0 Å². The molecule has 1 atom stereocenters. The predicted octanol–water partition coefficient (Wildman–Crippen LogP) is 4.13. The molecule has 0 aliphatic carbocycles. The molecule has 178 valence electrons. The molecule has 1 aliphatic rings. The number of piperidine rings is 1. The first-order chi connectivity index (χ1) is 16.6. The van der Waals surface area contributed by atoms with E-state index in [0.29, 0.717) is 42.0 Å². The first-order valence-electron chi connectivity index (χ1n) is 11.4. The predicted molar refractivity (Wildman–Crippen MR) is 130 cm³/mol. The number of rotatable bonds is 8. The third-order valence-corrected chi connectivity index (χ3v) is 5.92. The van der Waals surface area contributed by atoms with Crippen LogP contribution in [0.15, 0.2) is 54.9 Å². The average Bonchev–Trinajstić information content (AvgIpc) is 2.89. The maximum absolute atomic E-state index is 13.0. The summed E-state index contributed by atoms with van der Waals surface area (Å²) in [5, 5.41) is 3.06. The molecule has 1 amide bonds. The quantitative estimate of drug-likeness (QED) is 0.539. The number of benzene rings is 2. The largest absolute Gasteiger partial charge is 0.497 e. The number of nitrogens with one attached hydrogen (secondary N) is 1. The second-order valence-corrected chi connectivity index (χ2v) is 8.28. The number of carbonyl (C=O) groups excluding carboxylic acids is 1. The highest BCUT2D eigenvalue weighted by molar-refractivity contribution is 5.79. The zero-order valence-corrected chi connectivity index (χ0v) is 19.8. The van der Waals surface area contributed by atoms with Crippen molar-refractivity contribution >= 4 is 11.7 Å². The zero-order chi connectivity index (χ0) is 23.9. The molecule has 0 bridgehead atoms. The Hall–Kier alpha value is -3.81. The minimum atomic E-state index is -0.160. The van der Waals surface area contributed by atoms with E-state index >= 15 is 0 Å². The summed E-state index contributed by atoms with van der Waals surface area (Å²) in [5.41, 5.74) is 2.05. The van der Waals surface area contributed by atoms with Gasteiger partial charge in [-0.15, -0.1) is 0 Å². The highest BCUT2D eigenvalue weighted by atomic mass is 16.5. The lowest BCUT2D eigenvalue weighted by atomic mass is 9.97. The van der Waals surface area contributed by atoms with Gasteiger partial charge in [0.05, 0.1) is 20.1 Å². The summed E-state index contributed by atoms with van der Waals surface area (Å²) in [6, 6.07) is 13.4. The highest BCUT2D eigenvalue weighted by Crippen LogP contribution is 2.31. The molecule has 1 aromatic heterocycles. The van der Waals surface area contributed by atoms with Gasteiger partial charge in [0.25, 0.3) is 5.88 Å². The lowest BCUT2D eigenvalue weighted by Crippen LogP contribution is -2.43. The van der Waals surface area contributed by atoms with Crippen LogP contribution in [0.5, 0.6) is 23.1 Å². The fourth-order valence-electron chi connectivity index (χ4n) is 4.03. The SMILES string of the molecule is COc1ccc(CNC(=O)[C@H]2CCCN(c3nccnc3Oc3ccc(C)cc3)C2)c(OC)c1. The van der Waals surface area contributed by atoms with Crippen LogP contribution in [0, 0.1) is 12.8 Å². The van der Waals surface area contributed by atoms with Crippen LogP contribution in [0.2, 0.25) is 0 Å². The van der Waals surface area contributed by atoms with Crippen molar-refractivity contribution in [2.75, 3.05) is 32.2 Å². The maximum Gasteiger partial charge on any atom is 0.263 e. The van der Waals surface area contributed by atoms with Gasteiger partial charge in [0.2, 0.25) is 5.91 Å². The second-order valence-electron chi connectivity index (χ2n) is 8.28. The molecule has 1 saturated heterocycles. The standard InChI is InChI=1S/C26H30N4O4/c1-18-6-9-21(10-7-18)34-26-24(27-12-13-28-26)30-14-4-5-20(17-30)25(31)29-16-19-8-11-22(32-2)15-23(19)33-3/h6-13,15,20H,4-5,14,16-17H2,1-3H3,(H,29,31)/t20-/m0/s1. The Morgan fingerprint density at radius 1 is 1.06 bits per heavy atom. The molecular formula is C26H30N4O4. The van der Waals surface area contributed by atoms with Crippen LogP contribution >= 0.6 is 0 Å². The third kappa shape index (κ3) is 5.57. The van der Waals surface area contributed by atoms with Gasteiger partial charge in [-0.1, -0.05) is 17.7 Å². The van der Waals surface area contributed by atoms with Crippen molar-refractivity contribution < 1.29 is 19.0 Å². The first kappa shape index (κ1) is 23.4. The molecule has 34 heavy (non-hydrogen) atoms. The fourth-order valence-corrected chi connectivity index (χ4v) is 4.03. The Morgan fingerprint density at radius 2 is 1.82 bits per heavy atom. The van der Waals surface area contributed by atoms with E-state index in [2.05, 4.69) is 20.2 Å². The number of aromatic nitrogens is 2. The monoisotopic (exact) mass is 462 g/mol. The molecule has 0 radical (unpaired) electrons. The van der Waals surface area contributed by atoms with Gasteiger partial charge in [-0.2, -0.15) is 0 Å². The Bertz CT molecular complexity index is 1120. The van der Waals surface area contributed by atoms with Crippen LogP contribution in [0.1, 0.15) is 24.0 Å². The molecule has 4 rings (SSSR count). The van der Waals surface area contributed by atoms with Gasteiger partial charge in [-0.25, -0.2) is 9.97 Å². The maximum atomic E-state index is 13.0. The average molecular weight is 463 g/mol. The number of hydrogen-bond donors (Lipinski definition) is 1. The first-order valence-corrected chi connectivity index (χ1v) is 11.4. The topological polar surface area (TPSA) is 85.8 Å². The minimum absolute atomic E-state index is 0.00691. The van der Waals surface area contributed by atoms with Crippen molar-refractivity contribution in [1.29, 1.82) is 0 Å². The summed E-state index contributed by atoms with van der Waals surface area (Å²) < 4.78 is 16.7. The Balaban J connectivity index is 1.42. The van der Waals surface area contributed by atoms with Crippen molar-refractivity contribution in [3.63, 3.8) is 0 Å². The smallest absolute Gasteiger partial charge is 0.263 e. The molecule has 2 aromatic carbocycles. The van der Waals surface area contributed by atoms with Crippen LogP contribution in [-0.2, 0) is 11.3 Å². The van der Waals surface area contributed by atoms with Gasteiger partial charge in [-0.3, -0.25) is 4.79 Å². The van der Waals surface area contributed by atoms with Crippen LogP contribution < -0.4 is 24.4 Å². The molecular weight excluding hydrogens is 432 g/mol. The zero-order valence-electron chi connectivity index (χ0n) is 19.8. The van der Waals surface area contributed by atoms with Crippen LogP contribution in [-0.4, -0.2) is 43.2 Å². The lowest BCUT2D eigenvalue weighted by Gasteiger charge is -2.33. The molecule has 8 heteroatoms. The lowest BCUT2D eigenvalue weighted by molar-refractivity contribution is -0.125. The number of anilines is 1. The summed E-state index contributed by atoms with van der Waals surface area (Å²) >= 11 is 0. The van der Waals surface area contributed by atoms with E-state index in [0.717, 1.165) is 30.5 Å². The molecule has 1 N–H and O–H groups in total. The van der Waals surface area contributed by atoms with E-state index in [1.54, 1.807) is 26.6 Å². The molecule has 2 heterocycles. The van der Waals surface area contributed by atoms with Gasteiger partial charge < -0.3 is 24.4 Å². The highest BCUT2D eigenvalue weighted by Gasteiger charge is 2.28. The number of nitrogens with zero attached hydrogens (tertiary/aromatic N) is 3. The van der Waals surface area contributed by atoms with Crippen LogP contribution in [0.3, 0.4) is 0 Å². The van der Waals surface area contributed by atoms with E-state index in [4.69, 9.17) is 14.2 Å². The summed E-state index contributed by atoms with van der Waals surface area (Å²) in [4.78, 5) is 24.0. The molecule has 8 nitrogen and oxygen atoms in total. The van der Waals surface area contributed by atoms with Crippen molar-refractivity contribution in [3.8, 4) is 23.1 Å². The molecule has 0 spiro atoms. The van der Waals surface area contributed by atoms with Crippen molar-refractivity contribution in [2.45, 2.75) is 26.3 Å². The van der Waals surface area contributed by atoms with Crippen LogP contribution in [0.25, 0.3) is 0 Å². The molecule has 0 unspecified atom stereocenters. The van der Waals surface area contributed by atoms with E-state index in [1.807, 2.05) is 49.4 Å². The van der Waals surface area contributed by atoms with Crippen molar-refractivity contribution in [3.05, 3.63) is 66.0 Å². The van der Waals surface area contributed by atoms with Crippen molar-refractivity contribution in [1.82, 2.24) is 15.3 Å². The minimum Gasteiger partial charge on any atom is -0.497 e. The van der Waals surface area contributed by atoms with Gasteiger partial charge in [0, 0.05) is 43.7 Å². The molecule has 1 fully saturated rings. The molecule has 1 aliphatic heterocycles. The third-order valence-electron chi connectivity index (χ3n) is 5.92. The van der Waals surface area contributed by atoms with Gasteiger partial charge in [0.1, 0.15) is 17.2 Å². The van der Waals surface area contributed by atoms with Gasteiger partial charge in [0.15, 0.2) is 5.82 Å².